The molecular formula is C8H12F3NO. The zero-order valence-corrected chi connectivity index (χ0v) is 7.30. The Morgan fingerprint density at radius 1 is 1.46 bits per heavy atom. The Bertz CT molecular complexity index is 230. The van der Waals surface area contributed by atoms with Crippen molar-refractivity contribution in [1.29, 1.82) is 0 Å². The summed E-state index contributed by atoms with van der Waals surface area (Å²) in [5, 5.41) is 9.52. The number of fused-ring (bicyclic) bond motifs is 2. The van der Waals surface area contributed by atoms with E-state index in [0.29, 0.717) is 13.0 Å². The number of hydrogen-bond acceptors (Lipinski definition) is 2. The van der Waals surface area contributed by atoms with Gasteiger partial charge >= 0.3 is 6.18 Å². The van der Waals surface area contributed by atoms with E-state index in [1.807, 2.05) is 0 Å². The Morgan fingerprint density at radius 2 is 2.08 bits per heavy atom. The van der Waals surface area contributed by atoms with Gasteiger partial charge in [-0.3, -0.25) is 4.90 Å². The predicted octanol–water partition coefficient (Wildman–Crippen LogP) is 1.00. The standard InChI is InChI=1S/C8H12F3NO/c1-12-4-5-2-6(12)7(13,3-5)8(9,10)11/h5-6,13H,2-4H2,1H3. The molecule has 1 aliphatic carbocycles. The van der Waals surface area contributed by atoms with Gasteiger partial charge in [0.15, 0.2) is 5.60 Å². The third-order valence-corrected chi connectivity index (χ3v) is 3.28. The molecule has 0 spiro atoms. The van der Waals surface area contributed by atoms with E-state index in [1.54, 1.807) is 11.9 Å². The molecule has 0 aromatic heterocycles. The van der Waals surface area contributed by atoms with Crippen molar-refractivity contribution in [2.45, 2.75) is 30.7 Å². The predicted molar refractivity (Wildman–Crippen MR) is 40.1 cm³/mol. The first-order valence-corrected chi connectivity index (χ1v) is 4.34. The first-order chi connectivity index (χ1) is 5.84. The van der Waals surface area contributed by atoms with Crippen LogP contribution in [-0.2, 0) is 0 Å². The van der Waals surface area contributed by atoms with Gasteiger partial charge < -0.3 is 5.11 Å². The number of halogens is 3. The first kappa shape index (κ1) is 9.27. The summed E-state index contributed by atoms with van der Waals surface area (Å²) >= 11 is 0. The van der Waals surface area contributed by atoms with Crippen LogP contribution in [0.15, 0.2) is 0 Å². The number of alkyl halides is 3. The summed E-state index contributed by atoms with van der Waals surface area (Å²) in [7, 11) is 1.64. The highest BCUT2D eigenvalue weighted by molar-refractivity contribution is 5.10. The van der Waals surface area contributed by atoms with Crippen LogP contribution in [0, 0.1) is 5.92 Å². The zero-order valence-electron chi connectivity index (χ0n) is 7.30. The van der Waals surface area contributed by atoms with Gasteiger partial charge in [0.05, 0.1) is 0 Å². The molecule has 1 aliphatic heterocycles. The minimum Gasteiger partial charge on any atom is -0.379 e. The summed E-state index contributed by atoms with van der Waals surface area (Å²) in [5.41, 5.74) is -2.45. The lowest BCUT2D eigenvalue weighted by Crippen LogP contribution is -2.58. The molecule has 2 fully saturated rings. The van der Waals surface area contributed by atoms with E-state index in [2.05, 4.69) is 0 Å². The second kappa shape index (κ2) is 2.39. The second-order valence-corrected chi connectivity index (χ2v) is 4.18. The second-order valence-electron chi connectivity index (χ2n) is 4.18. The molecular weight excluding hydrogens is 183 g/mol. The number of nitrogens with zero attached hydrogens (tertiary/aromatic N) is 1. The third-order valence-electron chi connectivity index (χ3n) is 3.28. The Kier molecular flexibility index (Phi) is 1.70. The maximum absolute atomic E-state index is 12.5. The van der Waals surface area contributed by atoms with E-state index < -0.39 is 17.8 Å². The van der Waals surface area contributed by atoms with Crippen molar-refractivity contribution in [2.75, 3.05) is 13.6 Å². The highest BCUT2D eigenvalue weighted by Crippen LogP contribution is 2.51. The van der Waals surface area contributed by atoms with E-state index in [-0.39, 0.29) is 12.3 Å². The zero-order chi connectivity index (χ0) is 9.85. The van der Waals surface area contributed by atoms with E-state index >= 15 is 0 Å². The Labute approximate surface area is 74.3 Å². The van der Waals surface area contributed by atoms with Crippen LogP contribution in [0.4, 0.5) is 13.2 Å². The molecule has 2 rings (SSSR count). The maximum atomic E-state index is 12.5. The van der Waals surface area contributed by atoms with Gasteiger partial charge in [-0.1, -0.05) is 0 Å². The molecule has 76 valence electrons. The molecule has 3 unspecified atom stereocenters. The van der Waals surface area contributed by atoms with Crippen molar-refractivity contribution in [3.63, 3.8) is 0 Å². The maximum Gasteiger partial charge on any atom is 0.418 e. The van der Waals surface area contributed by atoms with Crippen LogP contribution < -0.4 is 0 Å². The molecule has 5 heteroatoms. The quantitative estimate of drug-likeness (QED) is 0.623. The molecule has 1 saturated heterocycles. The van der Waals surface area contributed by atoms with Crippen LogP contribution in [0.25, 0.3) is 0 Å². The van der Waals surface area contributed by atoms with Gasteiger partial charge in [-0.25, -0.2) is 0 Å². The molecule has 2 bridgehead atoms. The van der Waals surface area contributed by atoms with Crippen LogP contribution in [0.1, 0.15) is 12.8 Å². The first-order valence-electron chi connectivity index (χ1n) is 4.34. The number of likely N-dealkylation sites (N-methyl/N-ethyl adjacent to an activating group) is 1. The summed E-state index contributed by atoms with van der Waals surface area (Å²) in [4.78, 5) is 1.61. The molecule has 1 heterocycles. The Balaban J connectivity index is 2.27. The fourth-order valence-corrected chi connectivity index (χ4v) is 2.69. The number of likely N-dealkylation sites (tertiary alicyclic amines) is 1. The van der Waals surface area contributed by atoms with E-state index in [9.17, 15) is 18.3 Å². The molecule has 2 nitrogen and oxygen atoms in total. The van der Waals surface area contributed by atoms with Gasteiger partial charge in [-0.15, -0.1) is 0 Å². The summed E-state index contributed by atoms with van der Waals surface area (Å²) < 4.78 is 37.5. The summed E-state index contributed by atoms with van der Waals surface area (Å²) in [5.74, 6) is 0.0154. The third kappa shape index (κ3) is 1.10. The molecule has 0 aromatic carbocycles. The van der Waals surface area contributed by atoms with Crippen LogP contribution in [0.2, 0.25) is 0 Å². The van der Waals surface area contributed by atoms with Gasteiger partial charge in [0.2, 0.25) is 0 Å². The summed E-state index contributed by atoms with van der Waals surface area (Å²) in [6.07, 6.45) is -4.13. The smallest absolute Gasteiger partial charge is 0.379 e. The van der Waals surface area contributed by atoms with Gasteiger partial charge in [-0.05, 0) is 25.8 Å². The molecule has 0 radical (unpaired) electrons. The van der Waals surface area contributed by atoms with Gasteiger partial charge in [0.1, 0.15) is 0 Å². The fraction of sp³-hybridized carbons (Fsp3) is 1.00. The van der Waals surface area contributed by atoms with Crippen molar-refractivity contribution < 1.29 is 18.3 Å². The lowest BCUT2D eigenvalue weighted by molar-refractivity contribution is -0.278. The molecule has 2 aliphatic rings. The molecule has 13 heavy (non-hydrogen) atoms. The highest BCUT2D eigenvalue weighted by atomic mass is 19.4. The van der Waals surface area contributed by atoms with Crippen molar-refractivity contribution in [1.82, 2.24) is 4.90 Å². The largest absolute Gasteiger partial charge is 0.418 e. The van der Waals surface area contributed by atoms with E-state index in [0.717, 1.165) is 0 Å². The Hall–Kier alpha value is -0.290. The molecule has 0 aromatic rings. The number of rotatable bonds is 0. The van der Waals surface area contributed by atoms with Crippen molar-refractivity contribution in [3.05, 3.63) is 0 Å². The van der Waals surface area contributed by atoms with Crippen LogP contribution in [0.5, 0.6) is 0 Å². The normalized spacial score (nSPS) is 45.9. The van der Waals surface area contributed by atoms with Crippen molar-refractivity contribution in [2.24, 2.45) is 5.92 Å². The summed E-state index contributed by atoms with van der Waals surface area (Å²) in [6, 6.07) is -0.725. The lowest BCUT2D eigenvalue weighted by atomic mass is 9.92. The van der Waals surface area contributed by atoms with E-state index in [4.69, 9.17) is 0 Å². The number of hydrogen-bond donors (Lipinski definition) is 1. The average molecular weight is 195 g/mol. The van der Waals surface area contributed by atoms with E-state index in [1.165, 1.54) is 0 Å². The SMILES string of the molecule is CN1CC2CC1C(O)(C(F)(F)F)C2. The molecule has 0 amide bonds. The van der Waals surface area contributed by atoms with Crippen LogP contribution in [0.3, 0.4) is 0 Å². The van der Waals surface area contributed by atoms with Crippen molar-refractivity contribution in [3.8, 4) is 0 Å². The lowest BCUT2D eigenvalue weighted by Gasteiger charge is -2.39. The average Bonchev–Trinajstić information content (AvgIpc) is 2.41. The monoisotopic (exact) mass is 195 g/mol. The van der Waals surface area contributed by atoms with Crippen molar-refractivity contribution >= 4 is 0 Å². The topological polar surface area (TPSA) is 23.5 Å². The minimum atomic E-state index is -4.49. The van der Waals surface area contributed by atoms with Gasteiger partial charge in [0, 0.05) is 12.6 Å². The number of piperidine rings is 1. The highest BCUT2D eigenvalue weighted by Gasteiger charge is 2.66. The molecule has 3 atom stereocenters. The van der Waals surface area contributed by atoms with Crippen LogP contribution >= 0.6 is 0 Å². The fourth-order valence-electron chi connectivity index (χ4n) is 2.69. The minimum absolute atomic E-state index is 0.0154. The van der Waals surface area contributed by atoms with Gasteiger partial charge in [-0.2, -0.15) is 13.2 Å². The molecule has 1 saturated carbocycles. The Morgan fingerprint density at radius 3 is 2.38 bits per heavy atom. The molecule has 1 N–H and O–H groups in total. The summed E-state index contributed by atoms with van der Waals surface area (Å²) in [6.45, 7) is 0.684. The number of aliphatic hydroxyl groups is 1. The van der Waals surface area contributed by atoms with Crippen LogP contribution in [-0.4, -0.2) is 41.4 Å². The van der Waals surface area contributed by atoms with Gasteiger partial charge in [0.25, 0.3) is 0 Å².